The highest BCUT2D eigenvalue weighted by atomic mass is 79.9. The van der Waals surface area contributed by atoms with Gasteiger partial charge < -0.3 is 15.2 Å². The van der Waals surface area contributed by atoms with Crippen molar-refractivity contribution >= 4 is 15.9 Å². The van der Waals surface area contributed by atoms with E-state index in [0.29, 0.717) is 13.3 Å². The van der Waals surface area contributed by atoms with E-state index in [9.17, 15) is 0 Å². The van der Waals surface area contributed by atoms with Crippen molar-refractivity contribution in [1.29, 1.82) is 0 Å². The van der Waals surface area contributed by atoms with Crippen LogP contribution < -0.4 is 15.2 Å². The summed E-state index contributed by atoms with van der Waals surface area (Å²) in [5, 5.41) is 0. The van der Waals surface area contributed by atoms with Gasteiger partial charge in [0.05, 0.1) is 4.47 Å². The highest BCUT2D eigenvalue weighted by Gasteiger charge is 2.45. The topological polar surface area (TPSA) is 44.5 Å². The Morgan fingerprint density at radius 1 is 1.41 bits per heavy atom. The maximum atomic E-state index is 5.93. The van der Waals surface area contributed by atoms with Crippen LogP contribution >= 0.6 is 15.9 Å². The van der Waals surface area contributed by atoms with Gasteiger partial charge in [-0.25, -0.2) is 0 Å². The van der Waals surface area contributed by atoms with E-state index < -0.39 is 0 Å². The van der Waals surface area contributed by atoms with Crippen LogP contribution in [0.1, 0.15) is 30.9 Å². The molecule has 3 rings (SSSR count). The Labute approximate surface area is 109 Å². The van der Waals surface area contributed by atoms with Gasteiger partial charge in [-0.3, -0.25) is 0 Å². The molecule has 1 fully saturated rings. The minimum Gasteiger partial charge on any atom is -0.454 e. The number of ether oxygens (including phenoxy) is 2. The average Bonchev–Trinajstić information content (AvgIpc) is 3.00. The number of hydrogen-bond acceptors (Lipinski definition) is 3. The summed E-state index contributed by atoms with van der Waals surface area (Å²) >= 11 is 3.65. The van der Waals surface area contributed by atoms with Gasteiger partial charge in [-0.1, -0.05) is 6.92 Å². The molecule has 92 valence electrons. The first-order valence-corrected chi connectivity index (χ1v) is 6.82. The number of fused-ring (bicyclic) bond motifs is 1. The highest BCUT2D eigenvalue weighted by molar-refractivity contribution is 9.10. The monoisotopic (exact) mass is 297 g/mol. The van der Waals surface area contributed by atoms with Gasteiger partial charge in [0, 0.05) is 12.0 Å². The quantitative estimate of drug-likeness (QED) is 0.933. The van der Waals surface area contributed by atoms with Crippen LogP contribution in [0, 0.1) is 0 Å². The summed E-state index contributed by atoms with van der Waals surface area (Å²) in [6.07, 6.45) is 3.35. The Bertz CT molecular complexity index is 469. The summed E-state index contributed by atoms with van der Waals surface area (Å²) in [6, 6.07) is 2.13. The van der Waals surface area contributed by atoms with Gasteiger partial charge in [0.2, 0.25) is 6.79 Å². The lowest BCUT2D eigenvalue weighted by Crippen LogP contribution is -2.21. The second-order valence-electron chi connectivity index (χ2n) is 4.79. The molecule has 17 heavy (non-hydrogen) atoms. The lowest BCUT2D eigenvalue weighted by molar-refractivity contribution is 0.173. The molecule has 1 aromatic carbocycles. The molecular weight excluding hydrogens is 282 g/mol. The third-order valence-corrected chi connectivity index (χ3v) is 4.71. The first-order chi connectivity index (χ1) is 8.22. The molecule has 0 aromatic heterocycles. The molecule has 1 aliphatic heterocycles. The largest absolute Gasteiger partial charge is 0.454 e. The molecule has 0 unspecified atom stereocenters. The van der Waals surface area contributed by atoms with Gasteiger partial charge in [0.1, 0.15) is 0 Å². The molecule has 2 N–H and O–H groups in total. The van der Waals surface area contributed by atoms with Crippen molar-refractivity contribution in [1.82, 2.24) is 0 Å². The van der Waals surface area contributed by atoms with E-state index in [1.165, 1.54) is 24.0 Å². The Morgan fingerprint density at radius 3 is 2.76 bits per heavy atom. The molecule has 1 saturated carbocycles. The van der Waals surface area contributed by atoms with Crippen LogP contribution in [0.2, 0.25) is 0 Å². The van der Waals surface area contributed by atoms with E-state index in [2.05, 4.69) is 28.9 Å². The summed E-state index contributed by atoms with van der Waals surface area (Å²) in [6.45, 7) is 3.20. The van der Waals surface area contributed by atoms with Crippen molar-refractivity contribution in [2.75, 3.05) is 13.3 Å². The lowest BCUT2D eigenvalue weighted by atomic mass is 9.89. The Hall–Kier alpha value is -0.740. The maximum Gasteiger partial charge on any atom is 0.231 e. The summed E-state index contributed by atoms with van der Waals surface area (Å²) in [4.78, 5) is 0. The molecule has 0 amide bonds. The molecule has 1 heterocycles. The average molecular weight is 298 g/mol. The van der Waals surface area contributed by atoms with Gasteiger partial charge in [0.25, 0.3) is 0 Å². The van der Waals surface area contributed by atoms with E-state index in [4.69, 9.17) is 15.2 Å². The maximum absolute atomic E-state index is 5.93. The van der Waals surface area contributed by atoms with Crippen molar-refractivity contribution in [3.63, 3.8) is 0 Å². The van der Waals surface area contributed by atoms with E-state index in [0.717, 1.165) is 22.4 Å². The number of halogens is 1. The number of benzene rings is 1. The molecular formula is C13H16BrNO2. The Balaban J connectivity index is 2.18. The lowest BCUT2D eigenvalue weighted by Gasteiger charge is -2.19. The summed E-state index contributed by atoms with van der Waals surface area (Å²) in [5.74, 6) is 1.70. The molecule has 0 saturated heterocycles. The zero-order valence-corrected chi connectivity index (χ0v) is 11.5. The zero-order chi connectivity index (χ0) is 12.0. The number of nitrogens with two attached hydrogens (primary N) is 1. The first-order valence-electron chi connectivity index (χ1n) is 6.03. The van der Waals surface area contributed by atoms with Crippen LogP contribution in [0.4, 0.5) is 0 Å². The van der Waals surface area contributed by atoms with Gasteiger partial charge in [-0.05, 0) is 52.4 Å². The Morgan fingerprint density at radius 2 is 2.18 bits per heavy atom. The highest BCUT2D eigenvalue weighted by Crippen LogP contribution is 2.53. The van der Waals surface area contributed by atoms with E-state index >= 15 is 0 Å². The van der Waals surface area contributed by atoms with Gasteiger partial charge in [-0.2, -0.15) is 0 Å². The standard InChI is InChI=1S/C13H16BrNO2/c1-2-8-9(13(6-15)3-4-13)5-10-12(11(8)14)17-7-16-10/h5H,2-4,6-7,15H2,1H3. The fourth-order valence-corrected chi connectivity index (χ4v) is 3.40. The van der Waals surface area contributed by atoms with E-state index in [-0.39, 0.29) is 5.41 Å². The molecule has 2 aliphatic rings. The van der Waals surface area contributed by atoms with Crippen molar-refractivity contribution < 1.29 is 9.47 Å². The zero-order valence-electron chi connectivity index (χ0n) is 9.88. The van der Waals surface area contributed by atoms with Crippen LogP contribution in [0.3, 0.4) is 0 Å². The smallest absolute Gasteiger partial charge is 0.231 e. The molecule has 3 nitrogen and oxygen atoms in total. The molecule has 0 radical (unpaired) electrons. The molecule has 0 spiro atoms. The first kappa shape index (κ1) is 11.4. The fraction of sp³-hybridized carbons (Fsp3) is 0.538. The molecule has 1 aromatic rings. The van der Waals surface area contributed by atoms with Crippen molar-refractivity contribution in [3.8, 4) is 11.5 Å². The minimum absolute atomic E-state index is 0.189. The second-order valence-corrected chi connectivity index (χ2v) is 5.58. The van der Waals surface area contributed by atoms with Crippen LogP contribution in [0.5, 0.6) is 11.5 Å². The number of hydrogen-bond donors (Lipinski definition) is 1. The Kier molecular flexibility index (Phi) is 2.60. The molecule has 1 aliphatic carbocycles. The summed E-state index contributed by atoms with van der Waals surface area (Å²) in [5.41, 5.74) is 8.78. The third kappa shape index (κ3) is 1.58. The second kappa shape index (κ2) is 3.89. The number of rotatable bonds is 3. The predicted octanol–water partition coefficient (Wildman–Crippen LogP) is 2.73. The van der Waals surface area contributed by atoms with Gasteiger partial charge >= 0.3 is 0 Å². The van der Waals surface area contributed by atoms with Crippen LogP contribution in [0.25, 0.3) is 0 Å². The third-order valence-electron chi connectivity index (χ3n) is 3.88. The summed E-state index contributed by atoms with van der Waals surface area (Å²) in [7, 11) is 0. The van der Waals surface area contributed by atoms with Crippen LogP contribution in [-0.4, -0.2) is 13.3 Å². The SMILES string of the molecule is CCc1c(C2(CN)CC2)cc2c(c1Br)OCO2. The molecule has 0 bridgehead atoms. The van der Waals surface area contributed by atoms with Crippen molar-refractivity contribution in [2.45, 2.75) is 31.6 Å². The predicted molar refractivity (Wildman–Crippen MR) is 69.6 cm³/mol. The van der Waals surface area contributed by atoms with Gasteiger partial charge in [0.15, 0.2) is 11.5 Å². The van der Waals surface area contributed by atoms with Crippen molar-refractivity contribution in [2.24, 2.45) is 5.73 Å². The normalized spacial score (nSPS) is 19.5. The minimum atomic E-state index is 0.189. The molecule has 4 heteroatoms. The molecule has 0 atom stereocenters. The summed E-state index contributed by atoms with van der Waals surface area (Å²) < 4.78 is 12.0. The van der Waals surface area contributed by atoms with E-state index in [1.54, 1.807) is 0 Å². The fourth-order valence-electron chi connectivity index (χ4n) is 2.59. The van der Waals surface area contributed by atoms with Crippen LogP contribution in [-0.2, 0) is 11.8 Å². The van der Waals surface area contributed by atoms with E-state index in [1.807, 2.05) is 0 Å². The van der Waals surface area contributed by atoms with Gasteiger partial charge in [-0.15, -0.1) is 0 Å². The van der Waals surface area contributed by atoms with Crippen molar-refractivity contribution in [3.05, 3.63) is 21.7 Å². The van der Waals surface area contributed by atoms with Crippen LogP contribution in [0.15, 0.2) is 10.5 Å².